The second kappa shape index (κ2) is 12.9. The Balaban J connectivity index is -0.0000000133. The molecule has 0 spiro atoms. The maximum absolute atomic E-state index is 8.58. The molecule has 0 amide bonds. The summed E-state index contributed by atoms with van der Waals surface area (Å²) in [5, 5.41) is 0. The molecule has 1 N–H and O–H groups in total. The summed E-state index contributed by atoms with van der Waals surface area (Å²) in [4.78, 5) is 34.3. The molecular weight excluding hydrogens is 211 g/mol. The largest absolute Gasteiger partial charge is 2.00 e. The zero-order chi connectivity index (χ0) is 4.50. The molecule has 0 saturated carbocycles. The first-order chi connectivity index (χ1) is 2.00. The van der Waals surface area contributed by atoms with E-state index in [-0.39, 0.29) is 75.2 Å². The Bertz CT molecular complexity index is 32.4. The Morgan fingerprint density at radius 2 is 0.889 bits per heavy atom. The first-order valence-corrected chi connectivity index (χ1v) is 2.45. The van der Waals surface area contributed by atoms with Crippen LogP contribution in [0.5, 0.6) is 0 Å². The van der Waals surface area contributed by atoms with Crippen molar-refractivity contribution in [3.05, 3.63) is 0 Å². The molecule has 9 heteroatoms. The zero-order valence-electron chi connectivity index (χ0n) is 4.64. The van der Waals surface area contributed by atoms with E-state index in [0.717, 1.165) is 0 Å². The maximum atomic E-state index is 8.58. The number of hydrogen-bond donors (Lipinski definition) is 0. The van der Waals surface area contributed by atoms with Gasteiger partial charge in [-0.2, -0.15) is 0 Å². The van der Waals surface area contributed by atoms with Crippen LogP contribution in [-0.4, -0.2) is 37.6 Å². The van der Waals surface area contributed by atoms with E-state index >= 15 is 0 Å². The quantitative estimate of drug-likeness (QED) is 0.369. The minimum Gasteiger partial charge on any atom is -0.894 e. The fraction of sp³-hybridized carbons (Fsp3) is 0. The van der Waals surface area contributed by atoms with Crippen molar-refractivity contribution in [2.75, 3.05) is 0 Å². The van der Waals surface area contributed by atoms with E-state index in [1.807, 2.05) is 0 Å². The Kier molecular flexibility index (Phi) is 43.4. The SMILES string of the molecule is [Fe+2].[Mg+2].[Na+].[O-][Si]([O-])([O-])[O-].[OH-]. The molecule has 0 rings (SSSR count). The van der Waals surface area contributed by atoms with Crippen molar-refractivity contribution >= 4 is 32.1 Å². The van der Waals surface area contributed by atoms with Crippen LogP contribution in [0.3, 0.4) is 0 Å². The molecule has 0 atom stereocenters. The van der Waals surface area contributed by atoms with Crippen molar-refractivity contribution in [3.8, 4) is 0 Å². The van der Waals surface area contributed by atoms with Gasteiger partial charge in [0.05, 0.1) is 0 Å². The molecule has 46 valence electrons. The Morgan fingerprint density at radius 1 is 0.889 bits per heavy atom. The molecule has 0 aromatic heterocycles. The minimum absolute atomic E-state index is 0. The summed E-state index contributed by atoms with van der Waals surface area (Å²) in [5.41, 5.74) is 0. The summed E-state index contributed by atoms with van der Waals surface area (Å²) in [5.74, 6) is 0. The normalized spacial score (nSPS) is 6.67. The fourth-order valence-corrected chi connectivity index (χ4v) is 0. The molecule has 0 aliphatic carbocycles. The Labute approximate surface area is 102 Å². The van der Waals surface area contributed by atoms with Crippen LogP contribution >= 0.6 is 0 Å². The van der Waals surface area contributed by atoms with Gasteiger partial charge in [-0.05, 0) is 0 Å². The summed E-state index contributed by atoms with van der Waals surface area (Å²) >= 11 is 0. The molecule has 0 fully saturated rings. The van der Waals surface area contributed by atoms with Gasteiger partial charge >= 0.3 is 69.7 Å². The van der Waals surface area contributed by atoms with Crippen LogP contribution in [0.2, 0.25) is 0 Å². The Hall–Kier alpha value is 2.30. The van der Waals surface area contributed by atoms with Gasteiger partial charge in [0.2, 0.25) is 0 Å². The molecular formula is HFeMgNaO5Si. The molecule has 0 aliphatic rings. The van der Waals surface area contributed by atoms with Crippen LogP contribution in [0.25, 0.3) is 0 Å². The van der Waals surface area contributed by atoms with E-state index in [2.05, 4.69) is 0 Å². The van der Waals surface area contributed by atoms with Gasteiger partial charge in [-0.1, -0.05) is 0 Å². The van der Waals surface area contributed by atoms with Crippen molar-refractivity contribution < 1.29 is 71.3 Å². The fourth-order valence-electron chi connectivity index (χ4n) is 0. The van der Waals surface area contributed by atoms with Crippen molar-refractivity contribution in [1.82, 2.24) is 0 Å². The Morgan fingerprint density at radius 3 is 0.889 bits per heavy atom. The molecule has 0 aromatic carbocycles. The number of rotatable bonds is 0. The smallest absolute Gasteiger partial charge is 0.894 e. The maximum Gasteiger partial charge on any atom is 2.00 e. The van der Waals surface area contributed by atoms with E-state index in [1.54, 1.807) is 0 Å². The van der Waals surface area contributed by atoms with E-state index in [4.69, 9.17) is 19.2 Å². The van der Waals surface area contributed by atoms with Crippen molar-refractivity contribution in [2.24, 2.45) is 0 Å². The predicted octanol–water partition coefficient (Wildman–Crippen LogP) is -8.69. The summed E-state index contributed by atoms with van der Waals surface area (Å²) in [6.07, 6.45) is 0. The second-order valence-corrected chi connectivity index (χ2v) is 1.50. The standard InChI is InChI=1S/Fe.Mg.Na.O4Si.H2O/c;;;1-5(2,3)4;/h;;;;1H2/q2*+2;+1;-4;/p-1. The molecule has 0 bridgehead atoms. The summed E-state index contributed by atoms with van der Waals surface area (Å²) in [7, 11) is -5.61. The average molecular weight is 212 g/mol. The van der Waals surface area contributed by atoms with E-state index < -0.39 is 9.05 Å². The predicted molar refractivity (Wildman–Crippen MR) is 13.4 cm³/mol. The first-order valence-electron chi connectivity index (χ1n) is 0.816. The third-order valence-corrected chi connectivity index (χ3v) is 0. The van der Waals surface area contributed by atoms with Gasteiger partial charge in [0.15, 0.2) is 0 Å². The summed E-state index contributed by atoms with van der Waals surface area (Å²) < 4.78 is 0. The van der Waals surface area contributed by atoms with Gasteiger partial charge in [-0.3, -0.25) is 0 Å². The van der Waals surface area contributed by atoms with Gasteiger partial charge < -0.3 is 33.7 Å². The zero-order valence-corrected chi connectivity index (χ0v) is 10.2. The molecule has 0 radical (unpaired) electrons. The molecule has 0 aromatic rings. The third-order valence-electron chi connectivity index (χ3n) is 0. The van der Waals surface area contributed by atoms with Crippen molar-refractivity contribution in [1.29, 1.82) is 0 Å². The molecule has 0 aliphatic heterocycles. The van der Waals surface area contributed by atoms with Crippen LogP contribution in [0.1, 0.15) is 0 Å². The topological polar surface area (TPSA) is 122 Å². The van der Waals surface area contributed by atoms with Crippen LogP contribution in [0.15, 0.2) is 0 Å². The number of hydrogen-bond acceptors (Lipinski definition) is 5. The van der Waals surface area contributed by atoms with Gasteiger partial charge in [-0.25, -0.2) is 0 Å². The van der Waals surface area contributed by atoms with E-state index in [9.17, 15) is 0 Å². The van der Waals surface area contributed by atoms with E-state index in [0.29, 0.717) is 0 Å². The van der Waals surface area contributed by atoms with Gasteiger partial charge in [0.1, 0.15) is 0 Å². The molecule has 0 heterocycles. The molecule has 0 saturated heterocycles. The molecule has 5 nitrogen and oxygen atoms in total. The summed E-state index contributed by atoms with van der Waals surface area (Å²) in [6.45, 7) is 0. The summed E-state index contributed by atoms with van der Waals surface area (Å²) in [6, 6.07) is 0. The van der Waals surface area contributed by atoms with Crippen LogP contribution in [-0.2, 0) is 17.1 Å². The molecule has 9 heavy (non-hydrogen) atoms. The van der Waals surface area contributed by atoms with Gasteiger partial charge in [0.25, 0.3) is 0 Å². The first kappa shape index (κ1) is 30.2. The van der Waals surface area contributed by atoms with Crippen molar-refractivity contribution in [2.45, 2.75) is 0 Å². The van der Waals surface area contributed by atoms with E-state index in [1.165, 1.54) is 0 Å². The molecule has 0 unspecified atom stereocenters. The van der Waals surface area contributed by atoms with Gasteiger partial charge in [-0.15, -0.1) is 0 Å². The minimum atomic E-state index is -5.61. The van der Waals surface area contributed by atoms with Crippen LogP contribution < -0.4 is 48.7 Å². The average Bonchev–Trinajstić information content (AvgIpc) is 0.722. The van der Waals surface area contributed by atoms with Crippen molar-refractivity contribution in [3.63, 3.8) is 0 Å². The third kappa shape index (κ3) is 134. The van der Waals surface area contributed by atoms with Crippen LogP contribution in [0.4, 0.5) is 0 Å². The monoisotopic (exact) mass is 212 g/mol. The second-order valence-electron chi connectivity index (χ2n) is 0.500. The van der Waals surface area contributed by atoms with Gasteiger partial charge in [0, 0.05) is 0 Å². The van der Waals surface area contributed by atoms with Crippen LogP contribution in [0, 0.1) is 0 Å².